The van der Waals surface area contributed by atoms with Gasteiger partial charge in [0.1, 0.15) is 11.4 Å². The molecule has 0 aliphatic heterocycles. The minimum Gasteiger partial charge on any atom is -0.477 e. The van der Waals surface area contributed by atoms with Crippen molar-refractivity contribution in [2.45, 2.75) is 13.3 Å². The fourth-order valence-electron chi connectivity index (χ4n) is 1.92. The lowest BCUT2D eigenvalue weighted by molar-refractivity contribution is 0.0698. The Hall–Kier alpha value is -2.15. The van der Waals surface area contributed by atoms with Crippen LogP contribution in [0.5, 0.6) is 0 Å². The minimum absolute atomic E-state index is 0.0257. The fourth-order valence-corrected chi connectivity index (χ4v) is 1.92. The van der Waals surface area contributed by atoms with Crippen molar-refractivity contribution >= 4 is 17.4 Å². The van der Waals surface area contributed by atoms with E-state index in [1.165, 1.54) is 10.7 Å². The van der Waals surface area contributed by atoms with Gasteiger partial charge in [-0.2, -0.15) is 5.10 Å². The molecule has 0 fully saturated rings. The van der Waals surface area contributed by atoms with E-state index in [1.54, 1.807) is 12.3 Å². The zero-order valence-electron chi connectivity index (χ0n) is 10.7. The van der Waals surface area contributed by atoms with Gasteiger partial charge in [0, 0.05) is 19.3 Å². The maximum absolute atomic E-state index is 11.1. The SMILES string of the molecule is CCCN(CCO)c1ccn2ncc(C(=O)O)c2n1. The van der Waals surface area contributed by atoms with Gasteiger partial charge in [-0.1, -0.05) is 6.92 Å². The first-order valence-corrected chi connectivity index (χ1v) is 6.11. The van der Waals surface area contributed by atoms with E-state index in [9.17, 15) is 4.79 Å². The molecule has 2 aromatic rings. The molecule has 19 heavy (non-hydrogen) atoms. The highest BCUT2D eigenvalue weighted by Crippen LogP contribution is 2.15. The first-order chi connectivity index (χ1) is 9.17. The van der Waals surface area contributed by atoms with Gasteiger partial charge in [0.25, 0.3) is 0 Å². The van der Waals surface area contributed by atoms with E-state index >= 15 is 0 Å². The number of carbonyl (C=O) groups is 1. The van der Waals surface area contributed by atoms with Crippen molar-refractivity contribution in [3.05, 3.63) is 24.0 Å². The van der Waals surface area contributed by atoms with Crippen molar-refractivity contribution in [1.82, 2.24) is 14.6 Å². The molecule has 0 spiro atoms. The molecule has 0 radical (unpaired) electrons. The van der Waals surface area contributed by atoms with Crippen LogP contribution < -0.4 is 4.90 Å². The maximum Gasteiger partial charge on any atom is 0.341 e. The maximum atomic E-state index is 11.1. The number of aliphatic hydroxyl groups excluding tert-OH is 1. The second-order valence-electron chi connectivity index (χ2n) is 4.13. The van der Waals surface area contributed by atoms with Crippen LogP contribution in [-0.2, 0) is 0 Å². The average molecular weight is 264 g/mol. The molecule has 0 atom stereocenters. The molecule has 2 heterocycles. The number of hydrogen-bond acceptors (Lipinski definition) is 5. The van der Waals surface area contributed by atoms with E-state index in [1.807, 2.05) is 11.8 Å². The van der Waals surface area contributed by atoms with Gasteiger partial charge in [0.2, 0.25) is 0 Å². The number of anilines is 1. The molecule has 0 saturated heterocycles. The Morgan fingerprint density at radius 1 is 1.47 bits per heavy atom. The molecule has 2 N–H and O–H groups in total. The summed E-state index contributed by atoms with van der Waals surface area (Å²) in [5.41, 5.74) is 0.381. The third kappa shape index (κ3) is 2.65. The number of aromatic nitrogens is 3. The largest absolute Gasteiger partial charge is 0.477 e. The Morgan fingerprint density at radius 3 is 2.89 bits per heavy atom. The quantitative estimate of drug-likeness (QED) is 0.795. The molecule has 0 saturated carbocycles. The van der Waals surface area contributed by atoms with Gasteiger partial charge >= 0.3 is 5.97 Å². The summed E-state index contributed by atoms with van der Waals surface area (Å²) in [6.45, 7) is 3.27. The third-order valence-corrected chi connectivity index (χ3v) is 2.77. The van der Waals surface area contributed by atoms with E-state index in [4.69, 9.17) is 10.2 Å². The Labute approximate surface area is 110 Å². The second-order valence-corrected chi connectivity index (χ2v) is 4.13. The molecule has 7 nitrogen and oxygen atoms in total. The van der Waals surface area contributed by atoms with Gasteiger partial charge in [-0.3, -0.25) is 0 Å². The Balaban J connectivity index is 2.43. The molecule has 102 valence electrons. The van der Waals surface area contributed by atoms with Crippen LogP contribution in [0, 0.1) is 0 Å². The number of rotatable bonds is 6. The molecule has 0 bridgehead atoms. The van der Waals surface area contributed by atoms with Crippen molar-refractivity contribution in [1.29, 1.82) is 0 Å². The van der Waals surface area contributed by atoms with Gasteiger partial charge in [-0.15, -0.1) is 0 Å². The highest BCUT2D eigenvalue weighted by molar-refractivity contribution is 5.94. The monoisotopic (exact) mass is 264 g/mol. The normalized spacial score (nSPS) is 10.8. The van der Waals surface area contributed by atoms with Gasteiger partial charge < -0.3 is 15.1 Å². The van der Waals surface area contributed by atoms with Crippen molar-refractivity contribution in [3.63, 3.8) is 0 Å². The summed E-state index contributed by atoms with van der Waals surface area (Å²) in [4.78, 5) is 17.3. The molecule has 0 aromatic carbocycles. The Morgan fingerprint density at radius 2 is 2.26 bits per heavy atom. The lowest BCUT2D eigenvalue weighted by Crippen LogP contribution is -2.28. The predicted molar refractivity (Wildman–Crippen MR) is 69.5 cm³/mol. The molecular formula is C12H16N4O3. The second kappa shape index (κ2) is 5.66. The molecule has 0 aliphatic carbocycles. The molecule has 0 unspecified atom stereocenters. The highest BCUT2D eigenvalue weighted by atomic mass is 16.4. The number of aliphatic hydroxyl groups is 1. The molecule has 7 heteroatoms. The van der Waals surface area contributed by atoms with Crippen LogP contribution in [0.4, 0.5) is 5.82 Å². The number of carboxylic acid groups (broad SMARTS) is 1. The van der Waals surface area contributed by atoms with Crippen LogP contribution in [0.3, 0.4) is 0 Å². The van der Waals surface area contributed by atoms with E-state index < -0.39 is 5.97 Å². The summed E-state index contributed by atoms with van der Waals surface area (Å²) < 4.78 is 1.43. The van der Waals surface area contributed by atoms with E-state index in [-0.39, 0.29) is 12.2 Å². The summed E-state index contributed by atoms with van der Waals surface area (Å²) in [5, 5.41) is 22.1. The van der Waals surface area contributed by atoms with Gasteiger partial charge in [-0.05, 0) is 12.5 Å². The van der Waals surface area contributed by atoms with Gasteiger partial charge in [0.05, 0.1) is 12.8 Å². The molecule has 2 aromatic heterocycles. The molecule has 0 aliphatic rings. The minimum atomic E-state index is -1.05. The van der Waals surface area contributed by atoms with E-state index in [2.05, 4.69) is 10.1 Å². The molecular weight excluding hydrogens is 248 g/mol. The standard InChI is InChI=1S/C12H16N4O3/c1-2-4-15(6-7-17)10-3-5-16-11(14-10)9(8-13-16)12(18)19/h3,5,8,17H,2,4,6-7H2,1H3,(H,18,19). The van der Waals surface area contributed by atoms with Crippen molar-refractivity contribution in [3.8, 4) is 0 Å². The predicted octanol–water partition coefficient (Wildman–Crippen LogP) is 0.636. The number of aromatic carboxylic acids is 1. The third-order valence-electron chi connectivity index (χ3n) is 2.77. The number of nitrogens with zero attached hydrogens (tertiary/aromatic N) is 4. The van der Waals surface area contributed by atoms with Crippen LogP contribution in [0.2, 0.25) is 0 Å². The van der Waals surface area contributed by atoms with Crippen LogP contribution in [0.15, 0.2) is 18.5 Å². The number of carboxylic acids is 1. The zero-order chi connectivity index (χ0) is 13.8. The van der Waals surface area contributed by atoms with Gasteiger partial charge in [-0.25, -0.2) is 14.3 Å². The summed E-state index contributed by atoms with van der Waals surface area (Å²) in [7, 11) is 0. The fraction of sp³-hybridized carbons (Fsp3) is 0.417. The molecule has 0 amide bonds. The van der Waals surface area contributed by atoms with E-state index in [0.717, 1.165) is 13.0 Å². The van der Waals surface area contributed by atoms with Crippen molar-refractivity contribution in [2.75, 3.05) is 24.6 Å². The van der Waals surface area contributed by atoms with Crippen LogP contribution >= 0.6 is 0 Å². The Bertz CT molecular complexity index is 575. The first kappa shape index (κ1) is 13.3. The van der Waals surface area contributed by atoms with Gasteiger partial charge in [0.15, 0.2) is 5.65 Å². The first-order valence-electron chi connectivity index (χ1n) is 6.11. The summed E-state index contributed by atoms with van der Waals surface area (Å²) in [5.74, 6) is -0.407. The lowest BCUT2D eigenvalue weighted by atomic mass is 10.3. The highest BCUT2D eigenvalue weighted by Gasteiger charge is 2.14. The van der Waals surface area contributed by atoms with Crippen LogP contribution in [0.1, 0.15) is 23.7 Å². The topological polar surface area (TPSA) is 91.0 Å². The van der Waals surface area contributed by atoms with Crippen LogP contribution in [0.25, 0.3) is 5.65 Å². The summed E-state index contributed by atoms with van der Waals surface area (Å²) in [6.07, 6.45) is 3.87. The van der Waals surface area contributed by atoms with E-state index in [0.29, 0.717) is 18.0 Å². The lowest BCUT2D eigenvalue weighted by Gasteiger charge is -2.21. The summed E-state index contributed by atoms with van der Waals surface area (Å²) >= 11 is 0. The average Bonchev–Trinajstić information content (AvgIpc) is 2.81. The number of fused-ring (bicyclic) bond motifs is 1. The Kier molecular flexibility index (Phi) is 3.96. The van der Waals surface area contributed by atoms with Crippen molar-refractivity contribution < 1.29 is 15.0 Å². The van der Waals surface area contributed by atoms with Crippen molar-refractivity contribution in [2.24, 2.45) is 0 Å². The zero-order valence-corrected chi connectivity index (χ0v) is 10.7. The molecule has 2 rings (SSSR count). The van der Waals surface area contributed by atoms with Crippen LogP contribution in [-0.4, -0.2) is 50.5 Å². The summed E-state index contributed by atoms with van der Waals surface area (Å²) in [6, 6.07) is 1.76. The number of hydrogen-bond donors (Lipinski definition) is 2. The smallest absolute Gasteiger partial charge is 0.341 e.